The maximum Gasteiger partial charge on any atom is 0.207 e. The van der Waals surface area contributed by atoms with Crippen LogP contribution in [0.5, 0.6) is 0 Å². The third-order valence-corrected chi connectivity index (χ3v) is 2.85. The average molecular weight is 221 g/mol. The van der Waals surface area contributed by atoms with Crippen molar-refractivity contribution in [3.05, 3.63) is 58.1 Å². The summed E-state index contributed by atoms with van der Waals surface area (Å²) < 4.78 is 23.0. The number of azide groups is 1. The van der Waals surface area contributed by atoms with E-state index in [2.05, 4.69) is 15.8 Å². The molecule has 0 N–H and O–H groups in total. The first-order valence-electron chi connectivity index (χ1n) is 3.92. The summed E-state index contributed by atoms with van der Waals surface area (Å²) >= 11 is 0. The monoisotopic (exact) mass is 221 g/mol. The Morgan fingerprint density at radius 3 is 2.60 bits per heavy atom. The molecule has 1 aromatic carbocycles. The molecule has 6 heteroatoms. The van der Waals surface area contributed by atoms with Crippen molar-refractivity contribution in [2.75, 3.05) is 0 Å². The van der Waals surface area contributed by atoms with Crippen LogP contribution in [-0.2, 0) is 9.84 Å². The predicted molar refractivity (Wildman–Crippen MR) is 55.4 cm³/mol. The summed E-state index contributed by atoms with van der Waals surface area (Å²) in [7, 11) is -3.49. The van der Waals surface area contributed by atoms with E-state index in [9.17, 15) is 8.42 Å². The Kier molecular flexibility index (Phi) is 3.71. The summed E-state index contributed by atoms with van der Waals surface area (Å²) in [5.74, 6) is 0. The van der Waals surface area contributed by atoms with Crippen LogP contribution < -0.4 is 0 Å². The van der Waals surface area contributed by atoms with E-state index in [1.807, 2.05) is 0 Å². The van der Waals surface area contributed by atoms with E-state index in [1.165, 1.54) is 12.1 Å². The van der Waals surface area contributed by atoms with Gasteiger partial charge in [0.25, 0.3) is 0 Å². The predicted octanol–water partition coefficient (Wildman–Crippen LogP) is 2.40. The van der Waals surface area contributed by atoms with Gasteiger partial charge >= 0.3 is 0 Å². The number of nitrogens with zero attached hydrogens (tertiary/aromatic N) is 3. The van der Waals surface area contributed by atoms with E-state index in [-0.39, 0.29) is 4.90 Å². The SMILES string of the molecule is [N-]=[N+]=NC=C=CS(=O)(=O)c1ccccc1. The summed E-state index contributed by atoms with van der Waals surface area (Å²) in [6.07, 6.45) is 0.945. The van der Waals surface area contributed by atoms with Gasteiger partial charge in [0.05, 0.1) is 10.3 Å². The standard InChI is InChI=1S/C9H7N3O2S/c10-12-11-7-4-8-15(13,14)9-5-2-1-3-6-9/h1-3,5-8H. The molecule has 5 nitrogen and oxygen atoms in total. The van der Waals surface area contributed by atoms with Crippen molar-refractivity contribution in [1.29, 1.82) is 0 Å². The van der Waals surface area contributed by atoms with Crippen LogP contribution in [0.1, 0.15) is 0 Å². The van der Waals surface area contributed by atoms with Gasteiger partial charge in [0.15, 0.2) is 0 Å². The molecule has 0 aliphatic heterocycles. The third-order valence-electron chi connectivity index (χ3n) is 1.48. The quantitative estimate of drug-likeness (QED) is 0.340. The van der Waals surface area contributed by atoms with Gasteiger partial charge in [0, 0.05) is 11.1 Å². The molecular weight excluding hydrogens is 214 g/mol. The summed E-state index contributed by atoms with van der Waals surface area (Å²) in [4.78, 5) is 2.59. The highest BCUT2D eigenvalue weighted by molar-refractivity contribution is 7.94. The highest BCUT2D eigenvalue weighted by Crippen LogP contribution is 2.10. The smallest absolute Gasteiger partial charge is 0.207 e. The van der Waals surface area contributed by atoms with Crippen LogP contribution in [-0.4, -0.2) is 8.42 Å². The van der Waals surface area contributed by atoms with E-state index in [0.29, 0.717) is 0 Å². The second kappa shape index (κ2) is 5.02. The van der Waals surface area contributed by atoms with Crippen molar-refractivity contribution in [1.82, 2.24) is 0 Å². The number of benzene rings is 1. The van der Waals surface area contributed by atoms with Gasteiger partial charge in [0.1, 0.15) is 0 Å². The molecule has 1 rings (SSSR count). The molecule has 0 aromatic heterocycles. The van der Waals surface area contributed by atoms with Gasteiger partial charge in [-0.25, -0.2) is 8.42 Å². The van der Waals surface area contributed by atoms with Crippen LogP contribution in [0, 0.1) is 0 Å². The van der Waals surface area contributed by atoms with Crippen molar-refractivity contribution in [3.63, 3.8) is 0 Å². The molecule has 0 heterocycles. The highest BCUT2D eigenvalue weighted by Gasteiger charge is 2.07. The number of rotatable bonds is 3. The number of sulfone groups is 1. The molecule has 0 saturated heterocycles. The molecule has 0 atom stereocenters. The lowest BCUT2D eigenvalue weighted by molar-refractivity contribution is 0.604. The first-order valence-corrected chi connectivity index (χ1v) is 5.47. The molecule has 0 unspecified atom stereocenters. The minimum atomic E-state index is -3.49. The lowest BCUT2D eigenvalue weighted by Crippen LogP contribution is -1.94. The Morgan fingerprint density at radius 1 is 1.33 bits per heavy atom. The van der Waals surface area contributed by atoms with Crippen molar-refractivity contribution in [2.45, 2.75) is 4.90 Å². The third kappa shape index (κ3) is 3.32. The van der Waals surface area contributed by atoms with E-state index in [0.717, 1.165) is 11.6 Å². The normalized spacial score (nSPS) is 9.60. The summed E-state index contributed by atoms with van der Waals surface area (Å²) in [6, 6.07) is 7.91. The van der Waals surface area contributed by atoms with Gasteiger partial charge in [-0.2, -0.15) is 0 Å². The van der Waals surface area contributed by atoms with Crippen LogP contribution in [0.15, 0.2) is 57.7 Å². The molecule has 0 aliphatic carbocycles. The zero-order valence-electron chi connectivity index (χ0n) is 7.61. The maximum atomic E-state index is 11.5. The molecular formula is C9H7N3O2S. The molecule has 76 valence electrons. The van der Waals surface area contributed by atoms with Gasteiger partial charge in [-0.3, -0.25) is 0 Å². The molecule has 0 bridgehead atoms. The molecule has 1 aromatic rings. The lowest BCUT2D eigenvalue weighted by Gasteiger charge is -1.94. The minimum Gasteiger partial charge on any atom is -0.218 e. The maximum absolute atomic E-state index is 11.5. The van der Waals surface area contributed by atoms with Crippen LogP contribution in [0.25, 0.3) is 10.4 Å². The Morgan fingerprint density at radius 2 is 2.00 bits per heavy atom. The zero-order chi connectivity index (χ0) is 11.1. The van der Waals surface area contributed by atoms with Gasteiger partial charge in [-0.15, -0.1) is 5.73 Å². The molecule has 0 saturated carbocycles. The second-order valence-corrected chi connectivity index (χ2v) is 4.27. The lowest BCUT2D eigenvalue weighted by atomic mass is 10.4. The number of hydrogen-bond donors (Lipinski definition) is 0. The highest BCUT2D eigenvalue weighted by atomic mass is 32.2. The first kappa shape index (κ1) is 11.1. The molecule has 0 aliphatic rings. The molecule has 0 amide bonds. The Labute approximate surface area is 86.9 Å². The molecule has 0 radical (unpaired) electrons. The van der Waals surface area contributed by atoms with Crippen molar-refractivity contribution < 1.29 is 8.42 Å². The summed E-state index contributed by atoms with van der Waals surface area (Å²) in [6.45, 7) is 0. The Balaban J connectivity index is 3.06. The second-order valence-electron chi connectivity index (χ2n) is 2.48. The topological polar surface area (TPSA) is 82.9 Å². The zero-order valence-corrected chi connectivity index (χ0v) is 8.42. The van der Waals surface area contributed by atoms with Gasteiger partial charge < -0.3 is 0 Å². The summed E-state index contributed by atoms with van der Waals surface area (Å²) in [5, 5.41) is 3.88. The first-order chi connectivity index (χ1) is 7.17. The van der Waals surface area contributed by atoms with E-state index in [4.69, 9.17) is 5.53 Å². The van der Waals surface area contributed by atoms with Crippen molar-refractivity contribution >= 4 is 9.84 Å². The largest absolute Gasteiger partial charge is 0.218 e. The fraction of sp³-hybridized carbons (Fsp3) is 0. The van der Waals surface area contributed by atoms with Crippen LogP contribution in [0.4, 0.5) is 0 Å². The average Bonchev–Trinajstić information content (AvgIpc) is 2.26. The summed E-state index contributed by atoms with van der Waals surface area (Å²) in [5.41, 5.74) is 10.2. The minimum absolute atomic E-state index is 0.173. The molecule has 15 heavy (non-hydrogen) atoms. The molecule has 0 fully saturated rings. The fourth-order valence-corrected chi connectivity index (χ4v) is 1.77. The molecule has 0 spiro atoms. The van der Waals surface area contributed by atoms with Gasteiger partial charge in [-0.1, -0.05) is 23.3 Å². The van der Waals surface area contributed by atoms with Crippen LogP contribution in [0.3, 0.4) is 0 Å². The van der Waals surface area contributed by atoms with Crippen LogP contribution >= 0.6 is 0 Å². The van der Waals surface area contributed by atoms with E-state index in [1.54, 1.807) is 18.2 Å². The van der Waals surface area contributed by atoms with E-state index < -0.39 is 9.84 Å². The number of hydrogen-bond acceptors (Lipinski definition) is 3. The van der Waals surface area contributed by atoms with Crippen molar-refractivity contribution in [3.8, 4) is 0 Å². The van der Waals surface area contributed by atoms with Gasteiger partial charge in [0.2, 0.25) is 9.84 Å². The van der Waals surface area contributed by atoms with Gasteiger partial charge in [-0.05, 0) is 17.7 Å². The van der Waals surface area contributed by atoms with Crippen LogP contribution in [0.2, 0.25) is 0 Å². The Hall–Kier alpha value is -2.00. The fourth-order valence-electron chi connectivity index (χ4n) is 0.857. The van der Waals surface area contributed by atoms with Crippen molar-refractivity contribution in [2.24, 2.45) is 5.11 Å². The van der Waals surface area contributed by atoms with E-state index >= 15 is 0 Å². The Bertz CT molecular complexity index is 536.